The molecule has 0 rings (SSSR count). The predicted octanol–water partition coefficient (Wildman–Crippen LogP) is 5.42. The molecule has 1 atom stereocenters. The second-order valence-corrected chi connectivity index (χ2v) is 5.36. The maximum Gasteiger partial charge on any atom is -0.0326 e. The van der Waals surface area contributed by atoms with Crippen molar-refractivity contribution in [2.24, 2.45) is 11.3 Å². The first-order valence-electron chi connectivity index (χ1n) is 6.58. The molecule has 0 N–H and O–H groups in total. The van der Waals surface area contributed by atoms with E-state index in [1.54, 1.807) is 0 Å². The van der Waals surface area contributed by atoms with Gasteiger partial charge in [-0.25, -0.2) is 0 Å². The van der Waals surface area contributed by atoms with Gasteiger partial charge in [0, 0.05) is 0 Å². The first-order chi connectivity index (χ1) is 6.58. The number of rotatable bonds is 8. The highest BCUT2D eigenvalue weighted by Gasteiger charge is 2.22. The molecular weight excluding hydrogens is 168 g/mol. The molecule has 0 saturated heterocycles. The van der Waals surface area contributed by atoms with Gasteiger partial charge in [0.1, 0.15) is 0 Å². The van der Waals surface area contributed by atoms with E-state index in [1.807, 2.05) is 0 Å². The Kier molecular flexibility index (Phi) is 7.31. The lowest BCUT2D eigenvalue weighted by Gasteiger charge is -2.30. The summed E-state index contributed by atoms with van der Waals surface area (Å²) in [6.45, 7) is 11.8. The Hall–Kier alpha value is 0. The van der Waals surface area contributed by atoms with E-state index in [0.29, 0.717) is 5.41 Å². The molecule has 0 fully saturated rings. The molecule has 0 aliphatic heterocycles. The summed E-state index contributed by atoms with van der Waals surface area (Å²) < 4.78 is 0. The smallest absolute Gasteiger partial charge is 0.0326 e. The maximum absolute atomic E-state index is 2.49. The van der Waals surface area contributed by atoms with Crippen LogP contribution in [0.4, 0.5) is 0 Å². The lowest BCUT2D eigenvalue weighted by molar-refractivity contribution is 0.222. The standard InChI is InChI=1S/C14H30/c1-6-10-14(5,11-7-2)12-9-13(4)8-3/h13H,6-12H2,1-5H3. The average molecular weight is 198 g/mol. The lowest BCUT2D eigenvalue weighted by atomic mass is 9.76. The molecule has 0 spiro atoms. The molecule has 1 unspecified atom stereocenters. The minimum absolute atomic E-state index is 0.632. The van der Waals surface area contributed by atoms with E-state index < -0.39 is 0 Å². The highest BCUT2D eigenvalue weighted by molar-refractivity contribution is 4.74. The van der Waals surface area contributed by atoms with Gasteiger partial charge in [0.15, 0.2) is 0 Å². The SMILES string of the molecule is CCCC(C)(CCC)CCC(C)CC. The van der Waals surface area contributed by atoms with E-state index in [2.05, 4.69) is 34.6 Å². The van der Waals surface area contributed by atoms with Crippen molar-refractivity contribution in [3.05, 3.63) is 0 Å². The van der Waals surface area contributed by atoms with E-state index in [1.165, 1.54) is 44.9 Å². The van der Waals surface area contributed by atoms with E-state index in [-0.39, 0.29) is 0 Å². The first-order valence-corrected chi connectivity index (χ1v) is 6.58. The van der Waals surface area contributed by atoms with Crippen LogP contribution in [0.5, 0.6) is 0 Å². The Labute approximate surface area is 91.5 Å². The minimum atomic E-state index is 0.632. The summed E-state index contributed by atoms with van der Waals surface area (Å²) in [4.78, 5) is 0. The molecule has 0 amide bonds. The Morgan fingerprint density at radius 3 is 1.79 bits per heavy atom. The van der Waals surface area contributed by atoms with Crippen LogP contribution in [0.1, 0.15) is 79.6 Å². The third-order valence-corrected chi connectivity index (χ3v) is 3.64. The van der Waals surface area contributed by atoms with Gasteiger partial charge in [-0.3, -0.25) is 0 Å². The molecule has 0 aromatic rings. The van der Waals surface area contributed by atoms with Crippen LogP contribution in [0.2, 0.25) is 0 Å². The van der Waals surface area contributed by atoms with E-state index in [4.69, 9.17) is 0 Å². The normalized spacial score (nSPS) is 14.4. The van der Waals surface area contributed by atoms with Gasteiger partial charge in [-0.05, 0) is 30.6 Å². The summed E-state index contributed by atoms with van der Waals surface area (Å²) in [6.07, 6.45) is 9.72. The zero-order chi connectivity index (χ0) is 11.0. The summed E-state index contributed by atoms with van der Waals surface area (Å²) in [7, 11) is 0. The average Bonchev–Trinajstić information content (AvgIpc) is 2.15. The molecule has 0 heterocycles. The van der Waals surface area contributed by atoms with Crippen LogP contribution >= 0.6 is 0 Å². The second kappa shape index (κ2) is 7.31. The highest BCUT2D eigenvalue weighted by Crippen LogP contribution is 2.35. The molecular formula is C14H30. The molecule has 86 valence electrons. The molecule has 0 radical (unpaired) electrons. The van der Waals surface area contributed by atoms with Crippen molar-refractivity contribution in [2.75, 3.05) is 0 Å². The summed E-state index contributed by atoms with van der Waals surface area (Å²) in [5.41, 5.74) is 0.632. The molecule has 0 bridgehead atoms. The molecule has 14 heavy (non-hydrogen) atoms. The summed E-state index contributed by atoms with van der Waals surface area (Å²) in [5, 5.41) is 0. The second-order valence-electron chi connectivity index (χ2n) is 5.36. The van der Waals surface area contributed by atoms with Crippen molar-refractivity contribution in [2.45, 2.75) is 79.6 Å². The molecule has 0 saturated carbocycles. The van der Waals surface area contributed by atoms with Crippen molar-refractivity contribution < 1.29 is 0 Å². The van der Waals surface area contributed by atoms with Crippen LogP contribution in [0, 0.1) is 11.3 Å². The Bertz CT molecular complexity index is 120. The van der Waals surface area contributed by atoms with Crippen molar-refractivity contribution >= 4 is 0 Å². The third kappa shape index (κ3) is 5.67. The quantitative estimate of drug-likeness (QED) is 0.488. The van der Waals surface area contributed by atoms with Crippen LogP contribution < -0.4 is 0 Å². The van der Waals surface area contributed by atoms with E-state index in [0.717, 1.165) is 5.92 Å². The van der Waals surface area contributed by atoms with E-state index >= 15 is 0 Å². The summed E-state index contributed by atoms with van der Waals surface area (Å²) in [6, 6.07) is 0. The summed E-state index contributed by atoms with van der Waals surface area (Å²) in [5.74, 6) is 0.919. The van der Waals surface area contributed by atoms with Crippen molar-refractivity contribution in [1.29, 1.82) is 0 Å². The fourth-order valence-corrected chi connectivity index (χ4v) is 2.38. The van der Waals surface area contributed by atoms with Gasteiger partial charge in [0.05, 0.1) is 0 Å². The number of hydrogen-bond donors (Lipinski definition) is 0. The van der Waals surface area contributed by atoms with Crippen LogP contribution in [0.25, 0.3) is 0 Å². The molecule has 0 aliphatic carbocycles. The highest BCUT2D eigenvalue weighted by atomic mass is 14.3. The van der Waals surface area contributed by atoms with Crippen LogP contribution in [-0.2, 0) is 0 Å². The lowest BCUT2D eigenvalue weighted by Crippen LogP contribution is -2.17. The molecule has 0 aromatic carbocycles. The maximum atomic E-state index is 2.49. The van der Waals surface area contributed by atoms with Crippen molar-refractivity contribution in [3.63, 3.8) is 0 Å². The zero-order valence-electron chi connectivity index (χ0n) is 11.0. The van der Waals surface area contributed by atoms with Crippen LogP contribution in [0.15, 0.2) is 0 Å². The molecule has 0 nitrogen and oxygen atoms in total. The number of hydrogen-bond acceptors (Lipinski definition) is 0. The van der Waals surface area contributed by atoms with Crippen LogP contribution in [-0.4, -0.2) is 0 Å². The van der Waals surface area contributed by atoms with Gasteiger partial charge in [0.2, 0.25) is 0 Å². The first kappa shape index (κ1) is 14.0. The van der Waals surface area contributed by atoms with Gasteiger partial charge in [-0.15, -0.1) is 0 Å². The van der Waals surface area contributed by atoms with Crippen LogP contribution in [0.3, 0.4) is 0 Å². The zero-order valence-corrected chi connectivity index (χ0v) is 11.0. The van der Waals surface area contributed by atoms with Gasteiger partial charge in [-0.2, -0.15) is 0 Å². The Balaban J connectivity index is 3.94. The minimum Gasteiger partial charge on any atom is -0.0654 e. The fourth-order valence-electron chi connectivity index (χ4n) is 2.38. The Morgan fingerprint density at radius 1 is 0.929 bits per heavy atom. The summed E-state index contributed by atoms with van der Waals surface area (Å²) >= 11 is 0. The molecule has 0 aliphatic rings. The topological polar surface area (TPSA) is 0 Å². The van der Waals surface area contributed by atoms with Crippen molar-refractivity contribution in [3.8, 4) is 0 Å². The predicted molar refractivity (Wildman–Crippen MR) is 66.6 cm³/mol. The third-order valence-electron chi connectivity index (χ3n) is 3.64. The molecule has 0 heteroatoms. The van der Waals surface area contributed by atoms with Gasteiger partial charge in [-0.1, -0.05) is 60.3 Å². The largest absolute Gasteiger partial charge is 0.0654 e. The van der Waals surface area contributed by atoms with Gasteiger partial charge >= 0.3 is 0 Å². The van der Waals surface area contributed by atoms with Crippen molar-refractivity contribution in [1.82, 2.24) is 0 Å². The fraction of sp³-hybridized carbons (Fsp3) is 1.00. The van der Waals surface area contributed by atoms with Gasteiger partial charge in [0.25, 0.3) is 0 Å². The monoisotopic (exact) mass is 198 g/mol. The Morgan fingerprint density at radius 2 is 1.43 bits per heavy atom. The van der Waals surface area contributed by atoms with E-state index in [9.17, 15) is 0 Å². The van der Waals surface area contributed by atoms with Gasteiger partial charge < -0.3 is 0 Å². The molecule has 0 aromatic heterocycles.